The Morgan fingerprint density at radius 2 is 1.77 bits per heavy atom. The van der Waals surface area contributed by atoms with E-state index in [0.717, 1.165) is 24.2 Å². The predicted molar refractivity (Wildman–Crippen MR) is 89.6 cm³/mol. The normalized spacial score (nSPS) is 10.5. The summed E-state index contributed by atoms with van der Waals surface area (Å²) in [7, 11) is 0. The van der Waals surface area contributed by atoms with Gasteiger partial charge in [0.15, 0.2) is 11.5 Å². The van der Waals surface area contributed by atoms with Gasteiger partial charge in [0.05, 0.1) is 18.2 Å². The molecule has 0 unspecified atom stereocenters. The molecule has 0 amide bonds. The van der Waals surface area contributed by atoms with E-state index in [1.54, 1.807) is 0 Å². The number of rotatable bonds is 8. The van der Waals surface area contributed by atoms with Crippen molar-refractivity contribution < 1.29 is 14.8 Å². The summed E-state index contributed by atoms with van der Waals surface area (Å²) in [6.45, 7) is 7.06. The van der Waals surface area contributed by atoms with E-state index >= 15 is 0 Å². The smallest absolute Gasteiger partial charge is 0.180 e. The lowest BCUT2D eigenvalue weighted by Gasteiger charge is -2.15. The fourth-order valence-corrected chi connectivity index (χ4v) is 2.47. The number of hydrogen-bond acceptors (Lipinski definition) is 2. The fourth-order valence-electron chi connectivity index (χ4n) is 2.18. The van der Waals surface area contributed by atoms with E-state index in [9.17, 15) is 0 Å². The highest BCUT2D eigenvalue weighted by Gasteiger charge is 2.13. The molecule has 0 fully saturated rings. The average Bonchev–Trinajstić information content (AvgIpc) is 2.53. The molecule has 0 radical (unpaired) electrons. The first-order chi connectivity index (χ1) is 10.7. The molecule has 2 rings (SSSR count). The van der Waals surface area contributed by atoms with E-state index in [1.165, 1.54) is 0 Å². The number of ether oxygens (including phenoxy) is 2. The molecule has 0 aliphatic rings. The number of halogens is 1. The maximum Gasteiger partial charge on any atom is 0.180 e. The Kier molecular flexibility index (Phi) is 6.56. The molecule has 0 heterocycles. The first kappa shape index (κ1) is 16.7. The molecule has 2 N–H and O–H groups in total. The maximum atomic E-state index is 6.40. The molecule has 0 saturated carbocycles. The highest BCUT2D eigenvalue weighted by molar-refractivity contribution is 6.32. The van der Waals surface area contributed by atoms with Crippen LogP contribution in [0.2, 0.25) is 5.02 Å². The van der Waals surface area contributed by atoms with Gasteiger partial charge in [-0.05, 0) is 31.5 Å². The van der Waals surface area contributed by atoms with Crippen molar-refractivity contribution in [3.05, 3.63) is 58.6 Å². The summed E-state index contributed by atoms with van der Waals surface area (Å²) in [5.74, 6) is 1.33. The molecule has 2 aromatic carbocycles. The molecule has 118 valence electrons. The molecule has 3 nitrogen and oxygen atoms in total. The zero-order chi connectivity index (χ0) is 15.8. The third-order valence-electron chi connectivity index (χ3n) is 3.26. The van der Waals surface area contributed by atoms with Crippen LogP contribution in [0.5, 0.6) is 11.5 Å². The molecule has 0 atom stereocenters. The summed E-state index contributed by atoms with van der Waals surface area (Å²) in [5.41, 5.74) is 2.24. The first-order valence-corrected chi connectivity index (χ1v) is 8.06. The molecule has 0 bridgehead atoms. The summed E-state index contributed by atoms with van der Waals surface area (Å²) in [6.07, 6.45) is 0. The van der Waals surface area contributed by atoms with Crippen LogP contribution in [-0.2, 0) is 13.2 Å². The van der Waals surface area contributed by atoms with E-state index in [-0.39, 0.29) is 0 Å². The van der Waals surface area contributed by atoms with Crippen molar-refractivity contribution in [1.82, 2.24) is 0 Å². The van der Waals surface area contributed by atoms with Gasteiger partial charge in [0.2, 0.25) is 0 Å². The Bertz CT molecular complexity index is 587. The van der Waals surface area contributed by atoms with Gasteiger partial charge >= 0.3 is 0 Å². The van der Waals surface area contributed by atoms with Gasteiger partial charge < -0.3 is 14.8 Å². The summed E-state index contributed by atoms with van der Waals surface area (Å²) >= 11 is 6.40. The molecule has 0 spiro atoms. The van der Waals surface area contributed by atoms with Crippen molar-refractivity contribution in [1.29, 1.82) is 0 Å². The zero-order valence-electron chi connectivity index (χ0n) is 13.1. The molecule has 0 saturated heterocycles. The summed E-state index contributed by atoms with van der Waals surface area (Å²) in [4.78, 5) is 0. The molecule has 0 aliphatic carbocycles. The minimum absolute atomic E-state index is 0.473. The van der Waals surface area contributed by atoms with E-state index in [4.69, 9.17) is 21.1 Å². The molecule has 0 aromatic heterocycles. The number of nitrogens with two attached hydrogens (primary N) is 1. The Labute approximate surface area is 137 Å². The second-order valence-electron chi connectivity index (χ2n) is 5.01. The van der Waals surface area contributed by atoms with Gasteiger partial charge in [0.25, 0.3) is 0 Å². The van der Waals surface area contributed by atoms with Crippen molar-refractivity contribution in [2.24, 2.45) is 0 Å². The number of quaternary nitrogens is 1. The van der Waals surface area contributed by atoms with Crippen molar-refractivity contribution in [3.63, 3.8) is 0 Å². The van der Waals surface area contributed by atoms with Gasteiger partial charge in [-0.3, -0.25) is 0 Å². The minimum Gasteiger partial charge on any atom is -0.490 e. The lowest BCUT2D eigenvalue weighted by molar-refractivity contribution is -0.667. The van der Waals surface area contributed by atoms with Crippen LogP contribution in [0.15, 0.2) is 42.5 Å². The lowest BCUT2D eigenvalue weighted by Crippen LogP contribution is -2.81. The van der Waals surface area contributed by atoms with Crippen LogP contribution in [0.1, 0.15) is 25.0 Å². The third-order valence-corrected chi connectivity index (χ3v) is 3.54. The molecule has 2 aromatic rings. The highest BCUT2D eigenvalue weighted by atomic mass is 35.5. The van der Waals surface area contributed by atoms with Crippen molar-refractivity contribution in [2.75, 3.05) is 13.2 Å². The highest BCUT2D eigenvalue weighted by Crippen LogP contribution is 2.37. The van der Waals surface area contributed by atoms with E-state index in [1.807, 2.05) is 49.4 Å². The van der Waals surface area contributed by atoms with Gasteiger partial charge in [-0.25, -0.2) is 0 Å². The van der Waals surface area contributed by atoms with Crippen LogP contribution >= 0.6 is 11.6 Å². The third kappa shape index (κ3) is 4.65. The Hall–Kier alpha value is -1.71. The SMILES string of the molecule is CC[NH2+]Cc1cc(Cl)c(OCc2ccccc2)c(OCC)c1. The van der Waals surface area contributed by atoms with Gasteiger partial charge in [-0.1, -0.05) is 41.9 Å². The zero-order valence-corrected chi connectivity index (χ0v) is 13.9. The van der Waals surface area contributed by atoms with Gasteiger partial charge in [-0.2, -0.15) is 0 Å². The predicted octanol–water partition coefficient (Wildman–Crippen LogP) is 3.40. The Morgan fingerprint density at radius 1 is 1.00 bits per heavy atom. The van der Waals surface area contributed by atoms with E-state index in [2.05, 4.69) is 12.2 Å². The molecular weight excluding hydrogens is 298 g/mol. The summed E-state index contributed by atoms with van der Waals surface area (Å²) < 4.78 is 11.6. The van der Waals surface area contributed by atoms with Crippen LogP contribution < -0.4 is 14.8 Å². The largest absolute Gasteiger partial charge is 0.490 e. The first-order valence-electron chi connectivity index (χ1n) is 7.68. The van der Waals surface area contributed by atoms with Crippen molar-refractivity contribution in [3.8, 4) is 11.5 Å². The molecule has 4 heteroatoms. The lowest BCUT2D eigenvalue weighted by atomic mass is 10.2. The molecule has 0 aliphatic heterocycles. The monoisotopic (exact) mass is 320 g/mol. The second-order valence-corrected chi connectivity index (χ2v) is 5.42. The summed E-state index contributed by atoms with van der Waals surface area (Å²) in [6, 6.07) is 14.0. The Balaban J connectivity index is 2.17. The maximum absolute atomic E-state index is 6.40. The van der Waals surface area contributed by atoms with Crippen molar-refractivity contribution >= 4 is 11.6 Å². The second kappa shape index (κ2) is 8.66. The van der Waals surface area contributed by atoms with Crippen LogP contribution in [0.25, 0.3) is 0 Å². The number of hydrogen-bond donors (Lipinski definition) is 1. The van der Waals surface area contributed by atoms with E-state index in [0.29, 0.717) is 29.7 Å². The topological polar surface area (TPSA) is 35.1 Å². The quantitative estimate of drug-likeness (QED) is 0.809. The fraction of sp³-hybridized carbons (Fsp3) is 0.333. The minimum atomic E-state index is 0.473. The molecule has 22 heavy (non-hydrogen) atoms. The van der Waals surface area contributed by atoms with E-state index < -0.39 is 0 Å². The summed E-state index contributed by atoms with van der Waals surface area (Å²) in [5, 5.41) is 2.81. The van der Waals surface area contributed by atoms with Gasteiger partial charge in [0.1, 0.15) is 13.2 Å². The number of benzene rings is 2. The Morgan fingerprint density at radius 3 is 2.45 bits per heavy atom. The van der Waals surface area contributed by atoms with Crippen molar-refractivity contribution in [2.45, 2.75) is 27.0 Å². The van der Waals surface area contributed by atoms with Gasteiger partial charge in [-0.15, -0.1) is 0 Å². The van der Waals surface area contributed by atoms with Crippen LogP contribution in [0, 0.1) is 0 Å². The van der Waals surface area contributed by atoms with Crippen LogP contribution in [0.3, 0.4) is 0 Å². The van der Waals surface area contributed by atoms with Gasteiger partial charge in [0, 0.05) is 5.56 Å². The molecular formula is C18H23ClNO2+. The van der Waals surface area contributed by atoms with Crippen LogP contribution in [0.4, 0.5) is 0 Å². The standard InChI is InChI=1S/C18H22ClNO2/c1-3-20-12-15-10-16(19)18(17(11-15)21-4-2)22-13-14-8-6-5-7-9-14/h5-11,20H,3-4,12-13H2,1-2H3/p+1. The average molecular weight is 321 g/mol. The van der Waals surface area contributed by atoms with Crippen LogP contribution in [-0.4, -0.2) is 13.2 Å².